The van der Waals surface area contributed by atoms with Crippen LogP contribution in [0.2, 0.25) is 0 Å². The summed E-state index contributed by atoms with van der Waals surface area (Å²) in [6.45, 7) is 4.40. The van der Waals surface area contributed by atoms with Gasteiger partial charge in [0.05, 0.1) is 0 Å². The fraction of sp³-hybridized carbons (Fsp3) is 0.586. The summed E-state index contributed by atoms with van der Waals surface area (Å²) in [6, 6.07) is 21.2. The zero-order valence-corrected chi connectivity index (χ0v) is 20.9. The van der Waals surface area contributed by atoms with E-state index >= 15 is 0 Å². The van der Waals surface area contributed by atoms with E-state index in [0.717, 1.165) is 11.8 Å². The molecule has 0 amide bonds. The van der Waals surface area contributed by atoms with Crippen LogP contribution < -0.4 is 11.5 Å². The van der Waals surface area contributed by atoms with Crippen LogP contribution in [0.4, 0.5) is 0 Å². The Hall–Kier alpha value is -1.64. The maximum Gasteiger partial charge on any atom is -0.0162 e. The highest BCUT2D eigenvalue weighted by atomic mass is 14.4. The van der Waals surface area contributed by atoms with Gasteiger partial charge < -0.3 is 11.5 Å². The average Bonchev–Trinajstić information content (AvgIpc) is 2.89. The van der Waals surface area contributed by atoms with Gasteiger partial charge in [0, 0.05) is 0 Å². The van der Waals surface area contributed by atoms with Gasteiger partial charge >= 0.3 is 0 Å². The summed E-state index contributed by atoms with van der Waals surface area (Å²) in [5.41, 5.74) is 11.9. The fourth-order valence-corrected chi connectivity index (χ4v) is 4.29. The Kier molecular flexibility index (Phi) is 20.4. The van der Waals surface area contributed by atoms with Gasteiger partial charge in [0.25, 0.3) is 0 Å². The highest BCUT2D eigenvalue weighted by Crippen LogP contribution is 2.32. The molecule has 0 bridgehead atoms. The highest BCUT2D eigenvalue weighted by molar-refractivity contribution is 5.19. The van der Waals surface area contributed by atoms with Crippen LogP contribution in [-0.4, -0.2) is 14.1 Å². The van der Waals surface area contributed by atoms with Crippen LogP contribution in [0.1, 0.15) is 94.6 Å². The molecule has 4 rings (SSSR count). The summed E-state index contributed by atoms with van der Waals surface area (Å²) in [5.74, 6) is 1.95. The van der Waals surface area contributed by atoms with Gasteiger partial charge in [-0.3, -0.25) is 0 Å². The lowest BCUT2D eigenvalue weighted by Gasteiger charge is -2.21. The van der Waals surface area contributed by atoms with Crippen LogP contribution in [0.25, 0.3) is 0 Å². The molecule has 0 aromatic heterocycles. The Labute approximate surface area is 193 Å². The summed E-state index contributed by atoms with van der Waals surface area (Å²) >= 11 is 0. The van der Waals surface area contributed by atoms with Crippen molar-refractivity contribution in [2.45, 2.75) is 90.4 Å². The first kappa shape index (κ1) is 29.4. The second kappa shape index (κ2) is 21.6. The second-order valence-corrected chi connectivity index (χ2v) is 8.31. The molecule has 176 valence electrons. The van der Waals surface area contributed by atoms with Crippen molar-refractivity contribution in [2.24, 2.45) is 17.4 Å². The molecule has 2 saturated carbocycles. The number of hydrogen-bond donors (Lipinski definition) is 2. The number of hydrogen-bond acceptors (Lipinski definition) is 2. The minimum absolute atomic E-state index is 0.861. The molecule has 2 aromatic carbocycles. The Bertz CT molecular complexity index is 570. The topological polar surface area (TPSA) is 52.0 Å². The molecule has 2 aliphatic carbocycles. The number of benzene rings is 2. The molecular weight excluding hydrogens is 376 g/mol. The summed E-state index contributed by atoms with van der Waals surface area (Å²) in [7, 11) is 3.00. The van der Waals surface area contributed by atoms with E-state index in [-0.39, 0.29) is 0 Å². The molecule has 0 spiro atoms. The highest BCUT2D eigenvalue weighted by Gasteiger charge is 2.14. The van der Waals surface area contributed by atoms with Gasteiger partial charge in [-0.1, -0.05) is 131 Å². The van der Waals surface area contributed by atoms with Gasteiger partial charge in [-0.15, -0.1) is 0 Å². The Balaban J connectivity index is 0.000000418. The van der Waals surface area contributed by atoms with Crippen molar-refractivity contribution in [3.8, 4) is 0 Å². The predicted octanol–water partition coefficient (Wildman–Crippen LogP) is 7.86. The van der Waals surface area contributed by atoms with E-state index in [2.05, 4.69) is 67.8 Å². The van der Waals surface area contributed by atoms with Gasteiger partial charge in [0.15, 0.2) is 0 Å². The molecule has 0 aliphatic heterocycles. The summed E-state index contributed by atoms with van der Waals surface area (Å²) in [4.78, 5) is 0. The van der Waals surface area contributed by atoms with E-state index in [1.807, 2.05) is 18.2 Å². The SMILES string of the molecule is CCC1CCCCC1.CN.CN.Cc1ccccc1.c1ccc(C2CCCCC2)cc1. The molecule has 0 saturated heterocycles. The number of aryl methyl sites for hydroxylation is 1. The average molecular weight is 427 g/mol. The largest absolute Gasteiger partial charge is 0.333 e. The molecule has 0 atom stereocenters. The van der Waals surface area contributed by atoms with Crippen molar-refractivity contribution in [1.82, 2.24) is 0 Å². The molecule has 0 radical (unpaired) electrons. The van der Waals surface area contributed by atoms with Gasteiger partial charge in [-0.2, -0.15) is 0 Å². The lowest BCUT2D eigenvalue weighted by Crippen LogP contribution is -2.03. The molecule has 2 aromatic rings. The lowest BCUT2D eigenvalue weighted by molar-refractivity contribution is 0.349. The molecule has 2 nitrogen and oxygen atoms in total. The van der Waals surface area contributed by atoms with E-state index < -0.39 is 0 Å². The van der Waals surface area contributed by atoms with E-state index in [0.29, 0.717) is 0 Å². The summed E-state index contributed by atoms with van der Waals surface area (Å²) in [5, 5.41) is 0. The van der Waals surface area contributed by atoms with E-state index in [4.69, 9.17) is 0 Å². The molecular formula is C29H50N2. The maximum atomic E-state index is 4.50. The van der Waals surface area contributed by atoms with E-state index in [1.54, 1.807) is 5.56 Å². The Morgan fingerprint density at radius 3 is 1.39 bits per heavy atom. The zero-order valence-electron chi connectivity index (χ0n) is 20.9. The third-order valence-electron chi connectivity index (χ3n) is 6.12. The summed E-state index contributed by atoms with van der Waals surface area (Å²) < 4.78 is 0. The Morgan fingerprint density at radius 1 is 0.613 bits per heavy atom. The molecule has 0 unspecified atom stereocenters. The molecule has 4 N–H and O–H groups in total. The van der Waals surface area contributed by atoms with Gasteiger partial charge in [0.2, 0.25) is 0 Å². The van der Waals surface area contributed by atoms with Crippen molar-refractivity contribution < 1.29 is 0 Å². The third-order valence-corrected chi connectivity index (χ3v) is 6.12. The predicted molar refractivity (Wildman–Crippen MR) is 141 cm³/mol. The number of rotatable bonds is 2. The van der Waals surface area contributed by atoms with Crippen LogP contribution in [0.5, 0.6) is 0 Å². The molecule has 31 heavy (non-hydrogen) atoms. The Morgan fingerprint density at radius 2 is 1.03 bits per heavy atom. The van der Waals surface area contributed by atoms with E-state index in [9.17, 15) is 0 Å². The first-order valence-corrected chi connectivity index (χ1v) is 12.5. The molecule has 2 aliphatic rings. The normalized spacial score (nSPS) is 15.9. The van der Waals surface area contributed by atoms with Crippen molar-refractivity contribution in [2.75, 3.05) is 14.1 Å². The van der Waals surface area contributed by atoms with Crippen LogP contribution in [0.3, 0.4) is 0 Å². The van der Waals surface area contributed by atoms with Gasteiger partial charge in [-0.25, -0.2) is 0 Å². The van der Waals surface area contributed by atoms with Crippen LogP contribution >= 0.6 is 0 Å². The first-order chi connectivity index (χ1) is 15.3. The smallest absolute Gasteiger partial charge is 0.0162 e. The third kappa shape index (κ3) is 14.9. The zero-order chi connectivity index (χ0) is 23.2. The summed E-state index contributed by atoms with van der Waals surface area (Å²) in [6.07, 6.45) is 16.1. The van der Waals surface area contributed by atoms with Crippen molar-refractivity contribution in [3.05, 3.63) is 71.8 Å². The fourth-order valence-electron chi connectivity index (χ4n) is 4.29. The molecule has 0 heterocycles. The van der Waals surface area contributed by atoms with Gasteiger partial charge in [-0.05, 0) is 51.3 Å². The lowest BCUT2D eigenvalue weighted by atomic mass is 9.84. The van der Waals surface area contributed by atoms with Gasteiger partial charge in [0.1, 0.15) is 0 Å². The second-order valence-electron chi connectivity index (χ2n) is 8.31. The minimum atomic E-state index is 0.861. The van der Waals surface area contributed by atoms with Crippen molar-refractivity contribution in [1.29, 1.82) is 0 Å². The monoisotopic (exact) mass is 426 g/mol. The first-order valence-electron chi connectivity index (χ1n) is 12.5. The maximum absolute atomic E-state index is 4.50. The van der Waals surface area contributed by atoms with Crippen LogP contribution in [0, 0.1) is 12.8 Å². The minimum Gasteiger partial charge on any atom is -0.333 e. The van der Waals surface area contributed by atoms with E-state index in [1.165, 1.54) is 90.3 Å². The van der Waals surface area contributed by atoms with Crippen LogP contribution in [-0.2, 0) is 0 Å². The van der Waals surface area contributed by atoms with Crippen molar-refractivity contribution in [3.63, 3.8) is 0 Å². The van der Waals surface area contributed by atoms with Crippen molar-refractivity contribution >= 4 is 0 Å². The standard InChI is InChI=1S/C12H16.C8H16.C7H8.2CH5N/c1-3-7-11(8-4-1)12-9-5-2-6-10-12;1-2-8-6-4-3-5-7-8;1-7-5-3-2-4-6-7;2*1-2/h1,3-4,7-8,12H,2,5-6,9-10H2;8H,2-7H2,1H3;2-6H,1H3;2*2H2,1H3. The van der Waals surface area contributed by atoms with Crippen LogP contribution in [0.15, 0.2) is 60.7 Å². The molecule has 2 heteroatoms. The molecule has 2 fully saturated rings. The quantitative estimate of drug-likeness (QED) is 0.513. The number of nitrogens with two attached hydrogens (primary N) is 2.